The first-order valence-corrected chi connectivity index (χ1v) is 7.47. The summed E-state index contributed by atoms with van der Waals surface area (Å²) in [4.78, 5) is 8.60. The van der Waals surface area contributed by atoms with Crippen molar-refractivity contribution in [3.63, 3.8) is 0 Å². The minimum Gasteiger partial charge on any atom is -0.366 e. The molecule has 3 atom stereocenters. The largest absolute Gasteiger partial charge is 0.366 e. The summed E-state index contributed by atoms with van der Waals surface area (Å²) in [6.07, 6.45) is 4.01. The summed E-state index contributed by atoms with van der Waals surface area (Å²) >= 11 is 6.03. The van der Waals surface area contributed by atoms with E-state index in [1.54, 1.807) is 0 Å². The summed E-state index contributed by atoms with van der Waals surface area (Å²) in [5, 5.41) is 4.16. The predicted octanol–water partition coefficient (Wildman–Crippen LogP) is 4.07. The van der Waals surface area contributed by atoms with E-state index in [2.05, 4.69) is 36.1 Å². The Hall–Kier alpha value is -0.830. The van der Waals surface area contributed by atoms with E-state index in [1.165, 1.54) is 19.3 Å². The number of hydrogen-bond acceptors (Lipinski definition) is 3. The zero-order valence-electron chi connectivity index (χ0n) is 12.1. The average Bonchev–Trinajstić information content (AvgIpc) is 2.74. The summed E-state index contributed by atoms with van der Waals surface area (Å²) in [5.74, 6) is 2.42. The minimum atomic E-state index is 0.318. The van der Waals surface area contributed by atoms with Crippen molar-refractivity contribution in [3.8, 4) is 0 Å². The highest BCUT2D eigenvalue weighted by Gasteiger charge is 2.59. The average molecular weight is 280 g/mol. The van der Waals surface area contributed by atoms with Crippen molar-refractivity contribution in [2.24, 2.45) is 16.7 Å². The molecule has 0 amide bonds. The molecule has 1 heterocycles. The lowest BCUT2D eigenvalue weighted by Crippen LogP contribution is -2.46. The normalized spacial score (nSPS) is 35.6. The quantitative estimate of drug-likeness (QED) is 0.830. The lowest BCUT2D eigenvalue weighted by molar-refractivity contribution is 0.155. The van der Waals surface area contributed by atoms with Crippen LogP contribution in [0.5, 0.6) is 0 Å². The Morgan fingerprint density at radius 1 is 1.32 bits per heavy atom. The fraction of sp³-hybridized carbons (Fsp3) is 0.733. The van der Waals surface area contributed by atoms with Crippen LogP contribution in [-0.4, -0.2) is 16.0 Å². The molecular formula is C15H22ClN3. The van der Waals surface area contributed by atoms with E-state index in [0.717, 1.165) is 17.6 Å². The number of aromatic nitrogens is 2. The van der Waals surface area contributed by atoms with Gasteiger partial charge in [0.15, 0.2) is 0 Å². The van der Waals surface area contributed by atoms with E-state index in [-0.39, 0.29) is 0 Å². The van der Waals surface area contributed by atoms with E-state index < -0.39 is 0 Å². The minimum absolute atomic E-state index is 0.318. The maximum atomic E-state index is 6.03. The number of nitrogens with zero attached hydrogens (tertiary/aromatic N) is 2. The molecule has 0 radical (unpaired) electrons. The highest BCUT2D eigenvalue weighted by molar-refractivity contribution is 6.29. The highest BCUT2D eigenvalue weighted by Crippen LogP contribution is 2.63. The van der Waals surface area contributed by atoms with Crippen molar-refractivity contribution in [3.05, 3.63) is 17.0 Å². The van der Waals surface area contributed by atoms with Crippen LogP contribution in [-0.2, 0) is 0 Å². The van der Waals surface area contributed by atoms with Crippen LogP contribution < -0.4 is 5.32 Å². The van der Waals surface area contributed by atoms with Crippen molar-refractivity contribution in [2.45, 2.75) is 53.0 Å². The summed E-state index contributed by atoms with van der Waals surface area (Å²) < 4.78 is 0. The molecule has 19 heavy (non-hydrogen) atoms. The number of nitrogens with one attached hydrogen (secondary N) is 1. The van der Waals surface area contributed by atoms with E-state index in [4.69, 9.17) is 11.6 Å². The van der Waals surface area contributed by atoms with Gasteiger partial charge in [-0.1, -0.05) is 32.4 Å². The van der Waals surface area contributed by atoms with Crippen LogP contribution in [0.3, 0.4) is 0 Å². The predicted molar refractivity (Wildman–Crippen MR) is 78.4 cm³/mol. The fourth-order valence-electron chi connectivity index (χ4n) is 4.42. The molecule has 0 aromatic carbocycles. The van der Waals surface area contributed by atoms with Gasteiger partial charge in [0.2, 0.25) is 0 Å². The Morgan fingerprint density at radius 2 is 2.05 bits per heavy atom. The van der Waals surface area contributed by atoms with E-state index in [0.29, 0.717) is 22.0 Å². The van der Waals surface area contributed by atoms with Crippen molar-refractivity contribution >= 4 is 17.4 Å². The molecule has 1 N–H and O–H groups in total. The number of aryl methyl sites for hydroxylation is 1. The second-order valence-electron chi connectivity index (χ2n) is 7.12. The van der Waals surface area contributed by atoms with Gasteiger partial charge in [0.25, 0.3) is 0 Å². The molecule has 3 unspecified atom stereocenters. The van der Waals surface area contributed by atoms with Crippen LogP contribution in [0.1, 0.15) is 45.9 Å². The first-order valence-electron chi connectivity index (χ1n) is 7.09. The molecule has 2 saturated carbocycles. The second-order valence-corrected chi connectivity index (χ2v) is 7.50. The monoisotopic (exact) mass is 279 g/mol. The third kappa shape index (κ3) is 2.03. The molecule has 3 rings (SSSR count). The van der Waals surface area contributed by atoms with Crippen LogP contribution in [0.2, 0.25) is 5.15 Å². The lowest BCUT2D eigenvalue weighted by Gasteiger charge is -2.43. The number of anilines is 1. The molecule has 0 aliphatic heterocycles. The van der Waals surface area contributed by atoms with Gasteiger partial charge in [-0.2, -0.15) is 0 Å². The Bertz CT molecular complexity index is 489. The summed E-state index contributed by atoms with van der Waals surface area (Å²) in [6.45, 7) is 9.06. The molecule has 1 aromatic rings. The molecule has 3 nitrogen and oxygen atoms in total. The molecule has 104 valence electrons. The van der Waals surface area contributed by atoms with Gasteiger partial charge in [0.1, 0.15) is 16.8 Å². The van der Waals surface area contributed by atoms with E-state index in [9.17, 15) is 0 Å². The molecule has 0 spiro atoms. The first kappa shape index (κ1) is 13.2. The third-order valence-corrected chi connectivity index (χ3v) is 5.56. The van der Waals surface area contributed by atoms with Gasteiger partial charge in [-0.25, -0.2) is 9.97 Å². The van der Waals surface area contributed by atoms with Crippen molar-refractivity contribution in [1.82, 2.24) is 9.97 Å². The Balaban J connectivity index is 1.90. The van der Waals surface area contributed by atoms with E-state index in [1.807, 2.05) is 13.0 Å². The number of fused-ring (bicyclic) bond motifs is 2. The number of halogens is 1. The molecule has 2 aliphatic carbocycles. The van der Waals surface area contributed by atoms with Gasteiger partial charge in [-0.05, 0) is 42.9 Å². The number of rotatable bonds is 2. The van der Waals surface area contributed by atoms with Crippen LogP contribution in [0.15, 0.2) is 6.07 Å². The van der Waals surface area contributed by atoms with Crippen molar-refractivity contribution in [1.29, 1.82) is 0 Å². The zero-order valence-corrected chi connectivity index (χ0v) is 12.9. The van der Waals surface area contributed by atoms with Gasteiger partial charge in [-0.15, -0.1) is 0 Å². The SMILES string of the molecule is Cc1nc(Cl)cc(NC2C3(C)CCC(C3)C2(C)C)n1. The summed E-state index contributed by atoms with van der Waals surface area (Å²) in [5.41, 5.74) is 0.706. The Kier molecular flexibility index (Phi) is 2.83. The van der Waals surface area contributed by atoms with Gasteiger partial charge < -0.3 is 5.32 Å². The molecule has 2 aliphatic rings. The smallest absolute Gasteiger partial charge is 0.134 e. The lowest BCUT2D eigenvalue weighted by atomic mass is 9.68. The fourth-order valence-corrected chi connectivity index (χ4v) is 4.64. The van der Waals surface area contributed by atoms with Gasteiger partial charge in [0, 0.05) is 12.1 Å². The second kappa shape index (κ2) is 4.08. The zero-order chi connectivity index (χ0) is 13.8. The molecule has 4 heteroatoms. The van der Waals surface area contributed by atoms with Crippen LogP contribution in [0.25, 0.3) is 0 Å². The van der Waals surface area contributed by atoms with Crippen LogP contribution >= 0.6 is 11.6 Å². The summed E-state index contributed by atoms with van der Waals surface area (Å²) in [6, 6.07) is 2.30. The first-order chi connectivity index (χ1) is 8.81. The summed E-state index contributed by atoms with van der Waals surface area (Å²) in [7, 11) is 0. The van der Waals surface area contributed by atoms with Crippen LogP contribution in [0.4, 0.5) is 5.82 Å². The maximum absolute atomic E-state index is 6.03. The standard InChI is InChI=1S/C15H22ClN3/c1-9-17-11(16)7-12(18-9)19-13-14(2,3)10-5-6-15(13,4)8-10/h7,10,13H,5-6,8H2,1-4H3,(H,17,18,19). The highest BCUT2D eigenvalue weighted by atomic mass is 35.5. The third-order valence-electron chi connectivity index (χ3n) is 5.37. The van der Waals surface area contributed by atoms with Crippen molar-refractivity contribution < 1.29 is 0 Å². The van der Waals surface area contributed by atoms with Gasteiger partial charge in [-0.3, -0.25) is 0 Å². The Morgan fingerprint density at radius 3 is 2.63 bits per heavy atom. The molecule has 1 aromatic heterocycles. The molecule has 2 fully saturated rings. The molecule has 2 bridgehead atoms. The Labute approximate surface area is 120 Å². The maximum Gasteiger partial charge on any atom is 0.134 e. The van der Waals surface area contributed by atoms with Crippen LogP contribution in [0, 0.1) is 23.7 Å². The van der Waals surface area contributed by atoms with Crippen molar-refractivity contribution in [2.75, 3.05) is 5.32 Å². The topological polar surface area (TPSA) is 37.8 Å². The van der Waals surface area contributed by atoms with E-state index >= 15 is 0 Å². The van der Waals surface area contributed by atoms with Gasteiger partial charge in [0.05, 0.1) is 0 Å². The molecular weight excluding hydrogens is 258 g/mol. The van der Waals surface area contributed by atoms with Gasteiger partial charge >= 0.3 is 0 Å². The molecule has 0 saturated heterocycles. The number of hydrogen-bond donors (Lipinski definition) is 1.